The van der Waals surface area contributed by atoms with Gasteiger partial charge in [0.25, 0.3) is 0 Å². The van der Waals surface area contributed by atoms with Crippen LogP contribution in [0.5, 0.6) is 0 Å². The summed E-state index contributed by atoms with van der Waals surface area (Å²) in [6.07, 6.45) is 6.42. The zero-order valence-electron chi connectivity index (χ0n) is 11.9. The maximum atomic E-state index is 11.8. The molecule has 0 radical (unpaired) electrons. The van der Waals surface area contributed by atoms with Crippen LogP contribution in [0.15, 0.2) is 12.5 Å². The maximum Gasteiger partial charge on any atom is 0.221 e. The minimum Gasteiger partial charge on any atom is -0.354 e. The molecule has 0 bridgehead atoms. The van der Waals surface area contributed by atoms with Crippen molar-refractivity contribution in [2.24, 2.45) is 0 Å². The Kier molecular flexibility index (Phi) is 4.96. The van der Waals surface area contributed by atoms with E-state index in [-0.39, 0.29) is 11.9 Å². The third kappa shape index (κ3) is 3.80. The van der Waals surface area contributed by atoms with Crippen molar-refractivity contribution in [3.05, 3.63) is 18.2 Å². The molecule has 2 unspecified atom stereocenters. The van der Waals surface area contributed by atoms with Crippen LogP contribution in [0, 0.1) is 0 Å². The van der Waals surface area contributed by atoms with Gasteiger partial charge in [-0.1, -0.05) is 6.92 Å². The minimum absolute atomic E-state index is 0.124. The lowest BCUT2D eigenvalue weighted by molar-refractivity contribution is -0.121. The van der Waals surface area contributed by atoms with Gasteiger partial charge in [0.05, 0.1) is 6.33 Å². The monoisotopic (exact) mass is 264 g/mol. The molecule has 1 fully saturated rings. The van der Waals surface area contributed by atoms with Gasteiger partial charge < -0.3 is 15.2 Å². The van der Waals surface area contributed by atoms with E-state index in [1.807, 2.05) is 19.4 Å². The summed E-state index contributed by atoms with van der Waals surface area (Å²) < 4.78 is 2.12. The van der Waals surface area contributed by atoms with Gasteiger partial charge in [0.1, 0.15) is 0 Å². The van der Waals surface area contributed by atoms with E-state index >= 15 is 0 Å². The number of nitrogens with one attached hydrogen (secondary N) is 2. The topological polar surface area (TPSA) is 59.0 Å². The van der Waals surface area contributed by atoms with Gasteiger partial charge in [0, 0.05) is 43.4 Å². The van der Waals surface area contributed by atoms with Crippen molar-refractivity contribution < 1.29 is 4.79 Å². The normalized spacial score (nSPS) is 20.4. The summed E-state index contributed by atoms with van der Waals surface area (Å²) in [5.74, 6) is 0.665. The first-order valence-corrected chi connectivity index (χ1v) is 7.20. The highest BCUT2D eigenvalue weighted by atomic mass is 16.1. The number of carbonyl (C=O) groups is 1. The van der Waals surface area contributed by atoms with Gasteiger partial charge in [-0.15, -0.1) is 0 Å². The van der Waals surface area contributed by atoms with Crippen LogP contribution in [0.1, 0.15) is 44.7 Å². The first kappa shape index (κ1) is 14.1. The van der Waals surface area contributed by atoms with E-state index in [9.17, 15) is 4.79 Å². The van der Waals surface area contributed by atoms with Gasteiger partial charge >= 0.3 is 0 Å². The van der Waals surface area contributed by atoms with Crippen molar-refractivity contribution in [1.82, 2.24) is 20.2 Å². The van der Waals surface area contributed by atoms with Crippen LogP contribution < -0.4 is 10.6 Å². The van der Waals surface area contributed by atoms with Crippen molar-refractivity contribution >= 4 is 5.91 Å². The Morgan fingerprint density at radius 3 is 3.21 bits per heavy atom. The Labute approximate surface area is 114 Å². The molecule has 1 aliphatic rings. The van der Waals surface area contributed by atoms with Crippen LogP contribution in [0.2, 0.25) is 0 Å². The molecule has 1 aliphatic heterocycles. The second-order valence-corrected chi connectivity index (χ2v) is 5.33. The summed E-state index contributed by atoms with van der Waals surface area (Å²) in [6.45, 7) is 6.92. The maximum absolute atomic E-state index is 11.8. The summed E-state index contributed by atoms with van der Waals surface area (Å²) in [7, 11) is 0. The third-order valence-corrected chi connectivity index (χ3v) is 3.82. The molecule has 106 valence electrons. The van der Waals surface area contributed by atoms with Gasteiger partial charge in [-0.3, -0.25) is 4.79 Å². The van der Waals surface area contributed by atoms with Gasteiger partial charge in [-0.05, 0) is 26.3 Å². The Balaban J connectivity index is 1.86. The van der Waals surface area contributed by atoms with Crippen LogP contribution in [0.4, 0.5) is 0 Å². The first-order valence-electron chi connectivity index (χ1n) is 7.20. The predicted molar refractivity (Wildman–Crippen MR) is 75.0 cm³/mol. The first-order chi connectivity index (χ1) is 9.20. The molecular weight excluding hydrogens is 240 g/mol. The number of hydrogen-bond donors (Lipinski definition) is 2. The Morgan fingerprint density at radius 2 is 2.53 bits per heavy atom. The fourth-order valence-corrected chi connectivity index (χ4v) is 2.44. The number of amides is 1. The second kappa shape index (κ2) is 6.70. The van der Waals surface area contributed by atoms with E-state index in [0.717, 1.165) is 25.9 Å². The molecular formula is C14H24N4O. The standard InChI is InChI=1S/C14H24N4O/c1-3-11(2)17-14(19)5-7-18-10-16-9-13(18)12-4-6-15-8-12/h9-12,15H,3-8H2,1-2H3,(H,17,19). The molecule has 1 saturated heterocycles. The lowest BCUT2D eigenvalue weighted by Gasteiger charge is -2.14. The number of rotatable bonds is 6. The average Bonchev–Trinajstić information content (AvgIpc) is 3.06. The van der Waals surface area contributed by atoms with Crippen molar-refractivity contribution in [2.45, 2.75) is 51.6 Å². The predicted octanol–water partition coefficient (Wildman–Crippen LogP) is 1.26. The summed E-state index contributed by atoms with van der Waals surface area (Å²) in [5.41, 5.74) is 1.25. The van der Waals surface area contributed by atoms with E-state index < -0.39 is 0 Å². The Morgan fingerprint density at radius 1 is 1.68 bits per heavy atom. The summed E-state index contributed by atoms with van der Waals surface area (Å²) in [4.78, 5) is 16.0. The SMILES string of the molecule is CCC(C)NC(=O)CCn1cncc1C1CCNC1. The van der Waals surface area contributed by atoms with Crippen LogP contribution in [0.25, 0.3) is 0 Å². The molecule has 2 rings (SSSR count). The molecule has 1 aromatic rings. The van der Waals surface area contributed by atoms with Gasteiger partial charge in [-0.2, -0.15) is 0 Å². The molecule has 0 saturated carbocycles. The Bertz CT molecular complexity index is 409. The molecule has 0 aromatic carbocycles. The van der Waals surface area contributed by atoms with Crippen molar-refractivity contribution in [1.29, 1.82) is 0 Å². The number of nitrogens with zero attached hydrogens (tertiary/aromatic N) is 2. The molecule has 2 atom stereocenters. The number of aromatic nitrogens is 2. The number of hydrogen-bond acceptors (Lipinski definition) is 3. The van der Waals surface area contributed by atoms with Crippen molar-refractivity contribution in [3.63, 3.8) is 0 Å². The highest BCUT2D eigenvalue weighted by Gasteiger charge is 2.20. The minimum atomic E-state index is 0.124. The molecule has 2 N–H and O–H groups in total. The molecule has 1 amide bonds. The highest BCUT2D eigenvalue weighted by Crippen LogP contribution is 2.21. The number of imidazole rings is 1. The fourth-order valence-electron chi connectivity index (χ4n) is 2.44. The molecule has 2 heterocycles. The zero-order chi connectivity index (χ0) is 13.7. The second-order valence-electron chi connectivity index (χ2n) is 5.33. The van der Waals surface area contributed by atoms with Gasteiger partial charge in [0.2, 0.25) is 5.91 Å². The van der Waals surface area contributed by atoms with E-state index in [2.05, 4.69) is 27.1 Å². The fraction of sp³-hybridized carbons (Fsp3) is 0.714. The van der Waals surface area contributed by atoms with Crippen LogP contribution in [0.3, 0.4) is 0 Å². The van der Waals surface area contributed by atoms with Gasteiger partial charge in [-0.25, -0.2) is 4.98 Å². The molecule has 5 heteroatoms. The zero-order valence-corrected chi connectivity index (χ0v) is 11.9. The highest BCUT2D eigenvalue weighted by molar-refractivity contribution is 5.76. The molecule has 19 heavy (non-hydrogen) atoms. The average molecular weight is 264 g/mol. The summed E-state index contributed by atoms with van der Waals surface area (Å²) >= 11 is 0. The lowest BCUT2D eigenvalue weighted by atomic mass is 10.1. The summed E-state index contributed by atoms with van der Waals surface area (Å²) in [5, 5.41) is 6.36. The van der Waals surface area contributed by atoms with Crippen molar-refractivity contribution in [3.8, 4) is 0 Å². The largest absolute Gasteiger partial charge is 0.354 e. The Hall–Kier alpha value is -1.36. The van der Waals surface area contributed by atoms with E-state index in [1.165, 1.54) is 5.69 Å². The van der Waals surface area contributed by atoms with E-state index in [0.29, 0.717) is 18.9 Å². The van der Waals surface area contributed by atoms with Crippen LogP contribution >= 0.6 is 0 Å². The van der Waals surface area contributed by atoms with Crippen molar-refractivity contribution in [2.75, 3.05) is 13.1 Å². The van der Waals surface area contributed by atoms with Crippen LogP contribution in [-0.2, 0) is 11.3 Å². The smallest absolute Gasteiger partial charge is 0.221 e. The lowest BCUT2D eigenvalue weighted by Crippen LogP contribution is -2.32. The molecule has 5 nitrogen and oxygen atoms in total. The third-order valence-electron chi connectivity index (χ3n) is 3.82. The van der Waals surface area contributed by atoms with E-state index in [4.69, 9.17) is 0 Å². The summed E-state index contributed by atoms with van der Waals surface area (Å²) in [6, 6.07) is 0.258. The quantitative estimate of drug-likeness (QED) is 0.813. The molecule has 0 aliphatic carbocycles. The van der Waals surface area contributed by atoms with Crippen LogP contribution in [-0.4, -0.2) is 34.6 Å². The molecule has 0 spiro atoms. The number of aryl methyl sites for hydroxylation is 1. The van der Waals surface area contributed by atoms with Gasteiger partial charge in [0.15, 0.2) is 0 Å². The number of carbonyl (C=O) groups excluding carboxylic acids is 1. The molecule has 1 aromatic heterocycles. The van der Waals surface area contributed by atoms with E-state index in [1.54, 1.807) is 0 Å².